The zero-order chi connectivity index (χ0) is 15.1. The molecule has 0 aromatic heterocycles. The number of hydrogen-bond donors (Lipinski definition) is 1. The summed E-state index contributed by atoms with van der Waals surface area (Å²) in [4.78, 5) is 0. The van der Waals surface area contributed by atoms with E-state index in [2.05, 4.69) is 52.7 Å². The van der Waals surface area contributed by atoms with Crippen LogP contribution < -0.4 is 5.32 Å². The van der Waals surface area contributed by atoms with Crippen LogP contribution in [0.3, 0.4) is 0 Å². The number of rotatable bonds is 9. The number of nitrogens with one attached hydrogen (secondary N) is 1. The van der Waals surface area contributed by atoms with Gasteiger partial charge in [0.05, 0.1) is 12.7 Å². The molecule has 0 unspecified atom stereocenters. The summed E-state index contributed by atoms with van der Waals surface area (Å²) in [5.41, 5.74) is 0. The monoisotopic (exact) mass is 287 g/mol. The Morgan fingerprint density at radius 1 is 1.32 bits per heavy atom. The summed E-state index contributed by atoms with van der Waals surface area (Å²) in [7, 11) is -0.00456. The average molecular weight is 288 g/mol. The molecule has 4 heteroatoms. The number of hydrogen-bond acceptors (Lipinski definition) is 3. The Morgan fingerprint density at radius 2 is 1.89 bits per heavy atom. The smallest absolute Gasteiger partial charge is 0.192 e. The van der Waals surface area contributed by atoms with Gasteiger partial charge in [0.25, 0.3) is 0 Å². The molecule has 0 amide bonds. The Kier molecular flexibility index (Phi) is 8.13. The Balaban J connectivity index is 4.44. The van der Waals surface area contributed by atoms with Crippen molar-refractivity contribution in [3.63, 3.8) is 0 Å². The maximum absolute atomic E-state index is 6.40. The lowest BCUT2D eigenvalue weighted by molar-refractivity contribution is 0.0699. The van der Waals surface area contributed by atoms with Crippen molar-refractivity contribution in [1.29, 1.82) is 0 Å². The van der Waals surface area contributed by atoms with Crippen molar-refractivity contribution in [2.24, 2.45) is 0 Å². The molecule has 3 nitrogen and oxygen atoms in total. The second-order valence-electron chi connectivity index (χ2n) is 6.79. The fourth-order valence-electron chi connectivity index (χ4n) is 1.58. The third-order valence-corrected chi connectivity index (χ3v) is 8.37. The van der Waals surface area contributed by atoms with Gasteiger partial charge in [-0.25, -0.2) is 0 Å². The number of methoxy groups -OCH3 is 1. The van der Waals surface area contributed by atoms with Gasteiger partial charge in [-0.05, 0) is 31.5 Å². The lowest BCUT2D eigenvalue weighted by Gasteiger charge is -2.39. The van der Waals surface area contributed by atoms with Crippen LogP contribution in [0.25, 0.3) is 0 Å². The third-order valence-electron chi connectivity index (χ3n) is 3.83. The minimum atomic E-state index is -1.74. The summed E-state index contributed by atoms with van der Waals surface area (Å²) in [6.45, 7) is 18.7. The molecule has 0 spiro atoms. The average Bonchev–Trinajstić information content (AvgIpc) is 2.24. The molecular weight excluding hydrogens is 254 g/mol. The molecule has 0 aromatic rings. The Hall–Kier alpha value is -0.163. The zero-order valence-corrected chi connectivity index (χ0v) is 14.9. The highest BCUT2D eigenvalue weighted by molar-refractivity contribution is 6.74. The number of ether oxygens (including phenoxy) is 1. The molecule has 0 aliphatic heterocycles. The van der Waals surface area contributed by atoms with Gasteiger partial charge in [-0.2, -0.15) is 0 Å². The maximum Gasteiger partial charge on any atom is 0.192 e. The van der Waals surface area contributed by atoms with Gasteiger partial charge in [-0.3, -0.25) is 0 Å². The summed E-state index contributed by atoms with van der Waals surface area (Å²) in [5, 5.41) is 3.72. The largest absolute Gasteiger partial charge is 0.410 e. The molecule has 0 fully saturated rings. The first kappa shape index (κ1) is 18.8. The second-order valence-corrected chi connectivity index (χ2v) is 11.5. The first-order chi connectivity index (χ1) is 8.64. The predicted molar refractivity (Wildman–Crippen MR) is 86.2 cm³/mol. The maximum atomic E-state index is 6.40. The molecule has 0 bridgehead atoms. The highest BCUT2D eigenvalue weighted by Crippen LogP contribution is 2.37. The lowest BCUT2D eigenvalue weighted by atomic mass is 10.2. The van der Waals surface area contributed by atoms with E-state index >= 15 is 0 Å². The zero-order valence-electron chi connectivity index (χ0n) is 13.9. The summed E-state index contributed by atoms with van der Waals surface area (Å²) in [5.74, 6) is 0. The van der Waals surface area contributed by atoms with Crippen LogP contribution >= 0.6 is 0 Å². The van der Waals surface area contributed by atoms with E-state index in [4.69, 9.17) is 9.16 Å². The van der Waals surface area contributed by atoms with E-state index in [-0.39, 0.29) is 11.1 Å². The van der Waals surface area contributed by atoms with Crippen LogP contribution in [0.1, 0.15) is 34.1 Å². The minimum Gasteiger partial charge on any atom is -0.410 e. The first-order valence-electron chi connectivity index (χ1n) is 7.15. The third kappa shape index (κ3) is 7.25. The van der Waals surface area contributed by atoms with Crippen molar-refractivity contribution in [1.82, 2.24) is 5.32 Å². The van der Waals surface area contributed by atoms with Gasteiger partial charge in [0.1, 0.15) is 0 Å². The molecule has 114 valence electrons. The van der Waals surface area contributed by atoms with Gasteiger partial charge in [0, 0.05) is 19.7 Å². The van der Waals surface area contributed by atoms with Crippen LogP contribution in [0, 0.1) is 0 Å². The van der Waals surface area contributed by atoms with Gasteiger partial charge >= 0.3 is 0 Å². The van der Waals surface area contributed by atoms with Gasteiger partial charge in [-0.15, -0.1) is 6.58 Å². The molecule has 0 saturated carbocycles. The van der Waals surface area contributed by atoms with Crippen molar-refractivity contribution in [3.8, 4) is 0 Å². The van der Waals surface area contributed by atoms with Crippen LogP contribution in [-0.2, 0) is 9.16 Å². The SMILES string of the molecule is C=CC[C@H](C)NC[C@H](COC)O[Si](C)(C)C(C)(C)C. The molecule has 2 atom stereocenters. The van der Waals surface area contributed by atoms with Gasteiger partial charge < -0.3 is 14.5 Å². The molecule has 0 aliphatic rings. The van der Waals surface area contributed by atoms with E-state index in [1.54, 1.807) is 7.11 Å². The Bertz CT molecular complexity index is 261. The lowest BCUT2D eigenvalue weighted by Crippen LogP contribution is -2.48. The van der Waals surface area contributed by atoms with Gasteiger partial charge in [0.15, 0.2) is 8.32 Å². The van der Waals surface area contributed by atoms with Crippen LogP contribution in [0.2, 0.25) is 18.1 Å². The van der Waals surface area contributed by atoms with Gasteiger partial charge in [-0.1, -0.05) is 26.8 Å². The fraction of sp³-hybridized carbons (Fsp3) is 0.867. The standard InChI is InChI=1S/C15H33NO2Si/c1-9-10-13(2)16-11-14(12-17-6)18-19(7,8)15(3,4)5/h9,13-14,16H,1,10-12H2,2-8H3/t13-,14+/m0/s1. The van der Waals surface area contributed by atoms with E-state index in [1.165, 1.54) is 0 Å². The van der Waals surface area contributed by atoms with E-state index in [1.807, 2.05) is 6.08 Å². The van der Waals surface area contributed by atoms with Crippen LogP contribution in [0.15, 0.2) is 12.7 Å². The van der Waals surface area contributed by atoms with Crippen molar-refractivity contribution < 1.29 is 9.16 Å². The highest BCUT2D eigenvalue weighted by atomic mass is 28.4. The minimum absolute atomic E-state index is 0.123. The molecule has 1 N–H and O–H groups in total. The van der Waals surface area contributed by atoms with E-state index < -0.39 is 8.32 Å². The van der Waals surface area contributed by atoms with Crippen molar-refractivity contribution in [2.45, 2.75) is 64.4 Å². The second kappa shape index (κ2) is 8.20. The molecule has 0 aliphatic carbocycles. The summed E-state index contributed by atoms with van der Waals surface area (Å²) in [6.07, 6.45) is 3.04. The fourth-order valence-corrected chi connectivity index (χ4v) is 2.92. The van der Waals surface area contributed by atoms with Gasteiger partial charge in [0.2, 0.25) is 0 Å². The Morgan fingerprint density at radius 3 is 2.32 bits per heavy atom. The van der Waals surface area contributed by atoms with Crippen LogP contribution in [-0.4, -0.2) is 40.7 Å². The quantitative estimate of drug-likeness (QED) is 0.519. The summed E-state index contributed by atoms with van der Waals surface area (Å²) in [6, 6.07) is 0.430. The molecule has 0 saturated heterocycles. The molecule has 0 rings (SSSR count). The van der Waals surface area contributed by atoms with Crippen molar-refractivity contribution >= 4 is 8.32 Å². The van der Waals surface area contributed by atoms with E-state index in [0.29, 0.717) is 12.6 Å². The highest BCUT2D eigenvalue weighted by Gasteiger charge is 2.39. The molecule has 19 heavy (non-hydrogen) atoms. The van der Waals surface area contributed by atoms with E-state index in [9.17, 15) is 0 Å². The van der Waals surface area contributed by atoms with Crippen LogP contribution in [0.4, 0.5) is 0 Å². The van der Waals surface area contributed by atoms with Crippen molar-refractivity contribution in [3.05, 3.63) is 12.7 Å². The molecule has 0 radical (unpaired) electrons. The normalized spacial score (nSPS) is 16.2. The topological polar surface area (TPSA) is 30.5 Å². The summed E-state index contributed by atoms with van der Waals surface area (Å²) >= 11 is 0. The Labute approximate surface area is 120 Å². The molecular formula is C15H33NO2Si. The predicted octanol–water partition coefficient (Wildman–Crippen LogP) is 3.58. The molecule has 0 heterocycles. The first-order valence-corrected chi connectivity index (χ1v) is 10.1. The van der Waals surface area contributed by atoms with Crippen molar-refractivity contribution in [2.75, 3.05) is 20.3 Å². The summed E-state index contributed by atoms with van der Waals surface area (Å²) < 4.78 is 11.7. The van der Waals surface area contributed by atoms with Crippen LogP contribution in [0.5, 0.6) is 0 Å². The molecule has 0 aromatic carbocycles. The van der Waals surface area contributed by atoms with E-state index in [0.717, 1.165) is 13.0 Å².